The molecule has 0 radical (unpaired) electrons. The van der Waals surface area contributed by atoms with E-state index in [-0.39, 0.29) is 12.8 Å². The van der Waals surface area contributed by atoms with Crippen LogP contribution in [0.3, 0.4) is 0 Å². The molecule has 40 heavy (non-hydrogen) atoms. The maximum Gasteiger partial charge on any atom is 0.307 e. The summed E-state index contributed by atoms with van der Waals surface area (Å²) in [6.07, 6.45) is 6.55. The summed E-state index contributed by atoms with van der Waals surface area (Å²) < 4.78 is 0. The molecule has 3 aromatic heterocycles. The Bertz CT molecular complexity index is 1450. The molecule has 4 heterocycles. The van der Waals surface area contributed by atoms with Crippen LogP contribution in [0, 0.1) is 5.92 Å². The number of carboxylic acids is 1. The summed E-state index contributed by atoms with van der Waals surface area (Å²) in [5.74, 6) is -0.479. The first-order chi connectivity index (χ1) is 19.5. The molecule has 0 spiro atoms. The van der Waals surface area contributed by atoms with Gasteiger partial charge in [-0.05, 0) is 30.2 Å². The zero-order chi connectivity index (χ0) is 27.7. The van der Waals surface area contributed by atoms with E-state index in [1.807, 2.05) is 42.5 Å². The smallest absolute Gasteiger partial charge is 0.307 e. The highest BCUT2D eigenvalue weighted by Crippen LogP contribution is 2.28. The first-order valence-electron chi connectivity index (χ1n) is 13.1. The number of nitrogens with one attached hydrogen (secondary N) is 3. The molecule has 0 bridgehead atoms. The highest BCUT2D eigenvalue weighted by atomic mass is 16.4. The molecule has 204 valence electrons. The molecular formula is C29H30N8O3. The monoisotopic (exact) mass is 538 g/mol. The average Bonchev–Trinajstić information content (AvgIpc) is 2.98. The first kappa shape index (κ1) is 26.7. The van der Waals surface area contributed by atoms with E-state index in [1.54, 1.807) is 36.9 Å². The van der Waals surface area contributed by atoms with Crippen LogP contribution in [0.1, 0.15) is 12.0 Å². The van der Waals surface area contributed by atoms with E-state index < -0.39 is 17.8 Å². The molecule has 1 aliphatic rings. The Balaban J connectivity index is 1.40. The van der Waals surface area contributed by atoms with E-state index in [0.717, 1.165) is 43.1 Å². The van der Waals surface area contributed by atoms with E-state index in [0.29, 0.717) is 23.0 Å². The molecule has 1 amide bonds. The van der Waals surface area contributed by atoms with Crippen molar-refractivity contribution in [2.45, 2.75) is 12.8 Å². The summed E-state index contributed by atoms with van der Waals surface area (Å²) in [5, 5.41) is 19.1. The van der Waals surface area contributed by atoms with Crippen molar-refractivity contribution in [1.82, 2.24) is 25.3 Å². The van der Waals surface area contributed by atoms with Crippen molar-refractivity contribution in [2.24, 2.45) is 5.92 Å². The molecule has 4 N–H and O–H groups in total. The number of anilines is 4. The number of hydrogen-bond acceptors (Lipinski definition) is 9. The molecule has 0 saturated carbocycles. The van der Waals surface area contributed by atoms with E-state index in [9.17, 15) is 14.7 Å². The van der Waals surface area contributed by atoms with E-state index in [4.69, 9.17) is 4.98 Å². The predicted molar refractivity (Wildman–Crippen MR) is 152 cm³/mol. The summed E-state index contributed by atoms with van der Waals surface area (Å²) >= 11 is 0. The molecule has 1 fully saturated rings. The predicted octanol–water partition coefficient (Wildman–Crippen LogP) is 3.36. The average molecular weight is 539 g/mol. The number of piperazine rings is 1. The Hall–Kier alpha value is -4.90. The summed E-state index contributed by atoms with van der Waals surface area (Å²) in [7, 11) is 0. The van der Waals surface area contributed by atoms with Crippen molar-refractivity contribution >= 4 is 35.0 Å². The van der Waals surface area contributed by atoms with Gasteiger partial charge >= 0.3 is 5.97 Å². The van der Waals surface area contributed by atoms with E-state index >= 15 is 0 Å². The number of amides is 1. The van der Waals surface area contributed by atoms with Gasteiger partial charge in [-0.2, -0.15) is 0 Å². The second-order valence-electron chi connectivity index (χ2n) is 9.46. The largest absolute Gasteiger partial charge is 0.481 e. The van der Waals surface area contributed by atoms with Gasteiger partial charge in [0.1, 0.15) is 17.5 Å². The first-order valence-corrected chi connectivity index (χ1v) is 13.1. The number of carbonyl (C=O) groups excluding carboxylic acids is 1. The minimum atomic E-state index is -1.02. The molecule has 11 heteroatoms. The van der Waals surface area contributed by atoms with E-state index in [1.165, 1.54) is 0 Å². The second kappa shape index (κ2) is 12.8. The van der Waals surface area contributed by atoms with Crippen LogP contribution < -0.4 is 20.9 Å². The fraction of sp³-hybridized carbons (Fsp3) is 0.241. The topological polar surface area (TPSA) is 145 Å². The molecule has 4 aromatic rings. The highest BCUT2D eigenvalue weighted by Gasteiger charge is 2.22. The van der Waals surface area contributed by atoms with Crippen LogP contribution in [-0.2, 0) is 16.0 Å². The van der Waals surface area contributed by atoms with Gasteiger partial charge in [-0.3, -0.25) is 14.6 Å². The van der Waals surface area contributed by atoms with Gasteiger partial charge in [0.15, 0.2) is 0 Å². The SMILES string of the molecule is O=C(C[C@H](Cc1ccccc1)C(=O)O)Nc1cc(Nc2cnccn2)nc(-c2ccnc(N3CCNCC3)c2)c1. The third-order valence-electron chi connectivity index (χ3n) is 6.52. The number of carboxylic acid groups (broad SMARTS) is 1. The molecule has 5 rings (SSSR count). The molecule has 1 saturated heterocycles. The summed E-state index contributed by atoms with van der Waals surface area (Å²) in [6, 6.07) is 16.6. The van der Waals surface area contributed by atoms with Crippen molar-refractivity contribution < 1.29 is 14.7 Å². The fourth-order valence-electron chi connectivity index (χ4n) is 4.54. The molecular weight excluding hydrogens is 508 g/mol. The maximum absolute atomic E-state index is 13.0. The lowest BCUT2D eigenvalue weighted by Crippen LogP contribution is -2.43. The van der Waals surface area contributed by atoms with Gasteiger partial charge in [0, 0.05) is 68.5 Å². The lowest BCUT2D eigenvalue weighted by molar-refractivity contribution is -0.143. The zero-order valence-corrected chi connectivity index (χ0v) is 21.8. The van der Waals surface area contributed by atoms with Gasteiger partial charge in [0.25, 0.3) is 0 Å². The Morgan fingerprint density at radius 2 is 1.80 bits per heavy atom. The number of hydrogen-bond donors (Lipinski definition) is 4. The van der Waals surface area contributed by atoms with Gasteiger partial charge < -0.3 is 26.0 Å². The number of rotatable bonds is 10. The van der Waals surface area contributed by atoms with Crippen molar-refractivity contribution in [1.29, 1.82) is 0 Å². The van der Waals surface area contributed by atoms with Crippen molar-refractivity contribution in [3.63, 3.8) is 0 Å². The Labute approximate surface area is 231 Å². The van der Waals surface area contributed by atoms with Gasteiger partial charge in [-0.15, -0.1) is 0 Å². The lowest BCUT2D eigenvalue weighted by atomic mass is 9.96. The highest BCUT2D eigenvalue weighted by molar-refractivity contribution is 5.94. The van der Waals surface area contributed by atoms with Crippen LogP contribution in [0.15, 0.2) is 79.4 Å². The number of nitrogens with zero attached hydrogens (tertiary/aromatic N) is 5. The van der Waals surface area contributed by atoms with Crippen LogP contribution >= 0.6 is 0 Å². The quantitative estimate of drug-likeness (QED) is 0.237. The van der Waals surface area contributed by atoms with Crippen LogP contribution in [0.4, 0.5) is 23.1 Å². The van der Waals surface area contributed by atoms with Gasteiger partial charge in [0.2, 0.25) is 5.91 Å². The van der Waals surface area contributed by atoms with Gasteiger partial charge in [0.05, 0.1) is 17.8 Å². The Kier molecular flexibility index (Phi) is 8.52. The normalized spacial score (nSPS) is 13.8. The lowest BCUT2D eigenvalue weighted by Gasteiger charge is -2.28. The van der Waals surface area contributed by atoms with Gasteiger partial charge in [-0.1, -0.05) is 30.3 Å². The number of aromatic nitrogens is 4. The minimum Gasteiger partial charge on any atom is -0.481 e. The standard InChI is InChI=1S/C29H30N8O3/c38-28(16-22(29(39)40)14-20-4-2-1-3-5-20)34-23-17-24(35-25(18-23)36-26-19-31-8-9-32-26)21-6-7-33-27(15-21)37-12-10-30-11-13-37/h1-9,15,17-19,22,30H,10-14,16H2,(H,39,40)(H2,32,34,35,36,38)/t22-/m0/s1. The third-order valence-corrected chi connectivity index (χ3v) is 6.52. The molecule has 1 aromatic carbocycles. The van der Waals surface area contributed by atoms with Crippen LogP contribution in [0.25, 0.3) is 11.3 Å². The summed E-state index contributed by atoms with van der Waals surface area (Å²) in [4.78, 5) is 44.8. The maximum atomic E-state index is 13.0. The Morgan fingerprint density at radius 1 is 0.975 bits per heavy atom. The van der Waals surface area contributed by atoms with Crippen LogP contribution in [0.5, 0.6) is 0 Å². The number of pyridine rings is 2. The Morgan fingerprint density at radius 3 is 2.55 bits per heavy atom. The third kappa shape index (κ3) is 7.14. The number of benzene rings is 1. The van der Waals surface area contributed by atoms with Crippen molar-refractivity contribution in [3.05, 3.63) is 84.9 Å². The van der Waals surface area contributed by atoms with Crippen LogP contribution in [0.2, 0.25) is 0 Å². The molecule has 0 aliphatic carbocycles. The molecule has 1 aliphatic heterocycles. The molecule has 0 unspecified atom stereocenters. The van der Waals surface area contributed by atoms with Crippen LogP contribution in [-0.4, -0.2) is 63.1 Å². The zero-order valence-electron chi connectivity index (χ0n) is 21.8. The van der Waals surface area contributed by atoms with Gasteiger partial charge in [-0.25, -0.2) is 15.0 Å². The molecule has 11 nitrogen and oxygen atoms in total. The summed E-state index contributed by atoms with van der Waals surface area (Å²) in [5.41, 5.74) is 2.78. The van der Waals surface area contributed by atoms with Crippen molar-refractivity contribution in [2.75, 3.05) is 41.7 Å². The summed E-state index contributed by atoms with van der Waals surface area (Å²) in [6.45, 7) is 3.49. The molecule has 1 atom stereocenters. The minimum absolute atomic E-state index is 0.169. The number of aliphatic carboxylic acids is 1. The fourth-order valence-corrected chi connectivity index (χ4v) is 4.54. The second-order valence-corrected chi connectivity index (χ2v) is 9.46. The van der Waals surface area contributed by atoms with E-state index in [2.05, 4.69) is 35.8 Å². The van der Waals surface area contributed by atoms with Crippen molar-refractivity contribution in [3.8, 4) is 11.3 Å². The number of carbonyl (C=O) groups is 2.